The molecule has 0 radical (unpaired) electrons. The Kier molecular flexibility index (Phi) is 86.0. The second kappa shape index (κ2) is 84.4. The predicted molar refractivity (Wildman–Crippen MR) is 443 cm³/mol. The molecule has 6 atom stereocenters. The quantitative estimate of drug-likeness (QED) is 0.00823. The smallest absolute Gasteiger partial charge is 1.00 e. The molecule has 0 aromatic carbocycles. The van der Waals surface area contributed by atoms with E-state index < -0.39 is 72.4 Å². The second-order valence-corrected chi connectivity index (χ2v) is 32.1. The Bertz CT molecular complexity index is 2290. The molecule has 0 saturated heterocycles. The molecule has 0 rings (SSSR count). The number of esters is 2. The molecule has 0 spiro atoms. The van der Waals surface area contributed by atoms with Crippen molar-refractivity contribution in [2.24, 2.45) is 0 Å². The van der Waals surface area contributed by atoms with Gasteiger partial charge in [-0.3, -0.25) is 46.9 Å². The summed E-state index contributed by atoms with van der Waals surface area (Å²) in [5.41, 5.74) is 0. The number of hydrogen-bond donors (Lipinski definition) is 6. The zero-order chi connectivity index (χ0) is 80.0. The van der Waals surface area contributed by atoms with Crippen LogP contribution in [0.2, 0.25) is 0 Å². The van der Waals surface area contributed by atoms with E-state index in [1.165, 1.54) is 103 Å². The van der Waals surface area contributed by atoms with Crippen molar-refractivity contribution >= 4 is 51.2 Å². The van der Waals surface area contributed by atoms with Crippen LogP contribution in [-0.2, 0) is 74.9 Å². The minimum atomic E-state index is -4.74. The van der Waals surface area contributed by atoms with Gasteiger partial charge in [-0.1, -0.05) is 231 Å². The van der Waals surface area contributed by atoms with Crippen LogP contribution in [0.1, 0.15) is 372 Å². The van der Waals surface area contributed by atoms with Gasteiger partial charge in [0.25, 0.3) is 0 Å². The van der Waals surface area contributed by atoms with Crippen molar-refractivity contribution < 1.29 is 147 Å². The van der Waals surface area contributed by atoms with Gasteiger partial charge < -0.3 is 52.9 Å². The van der Waals surface area contributed by atoms with Gasteiger partial charge in [0.15, 0.2) is 0 Å². The van der Waals surface area contributed by atoms with E-state index in [0.29, 0.717) is 64.2 Å². The molecule has 26 heteroatoms. The number of rotatable bonds is 82. The van der Waals surface area contributed by atoms with Crippen molar-refractivity contribution in [2.75, 3.05) is 65.9 Å². The van der Waals surface area contributed by atoms with Crippen LogP contribution in [0.15, 0.2) is 48.6 Å². The van der Waals surface area contributed by atoms with Gasteiger partial charge in [0.2, 0.25) is 23.6 Å². The Morgan fingerprint density at radius 1 is 0.324 bits per heavy atom. The molecule has 111 heavy (non-hydrogen) atoms. The number of nitrogens with one attached hydrogen (secondary N) is 4. The van der Waals surface area contributed by atoms with E-state index >= 15 is 0 Å². The number of carbonyl (C=O) groups excluding carboxylic acids is 6. The average Bonchev–Trinajstić information content (AvgIpc) is 0.910. The van der Waals surface area contributed by atoms with Crippen molar-refractivity contribution in [3.8, 4) is 0 Å². The summed E-state index contributed by atoms with van der Waals surface area (Å²) in [6.07, 6.45) is 63.7. The minimum absolute atomic E-state index is 0. The zero-order valence-electron chi connectivity index (χ0n) is 73.4. The number of carbonyl (C=O) groups is 6. The summed E-state index contributed by atoms with van der Waals surface area (Å²) >= 11 is 0. The maximum atomic E-state index is 13.3. The third-order valence-corrected chi connectivity index (χ3v) is 20.5. The summed E-state index contributed by atoms with van der Waals surface area (Å²) in [5.74, 6) is -2.51. The minimum Gasteiger partial charge on any atom is -1.00 e. The normalized spacial score (nSPS) is 13.8. The van der Waals surface area contributed by atoms with Crippen molar-refractivity contribution in [3.05, 3.63) is 48.6 Å². The number of amides is 4. The Morgan fingerprint density at radius 2 is 0.604 bits per heavy atom. The molecule has 0 aromatic rings. The molecular formula is C85H160N4Na2O18P2. The number of phosphoric ester groups is 2. The molecule has 0 aliphatic carbocycles. The van der Waals surface area contributed by atoms with Gasteiger partial charge >= 0.3 is 86.7 Å². The number of hydrogen-bond acceptors (Lipinski definition) is 16. The van der Waals surface area contributed by atoms with Crippen molar-refractivity contribution in [1.29, 1.82) is 0 Å². The first-order valence-electron chi connectivity index (χ1n) is 43.4. The summed E-state index contributed by atoms with van der Waals surface area (Å²) in [6.45, 7) is 11.0. The van der Waals surface area contributed by atoms with E-state index in [4.69, 9.17) is 37.0 Å². The van der Waals surface area contributed by atoms with Gasteiger partial charge in [-0.2, -0.15) is 0 Å². The van der Waals surface area contributed by atoms with E-state index in [1.807, 2.05) is 0 Å². The molecule has 640 valence electrons. The van der Waals surface area contributed by atoms with E-state index in [0.717, 1.165) is 141 Å². The fourth-order valence-corrected chi connectivity index (χ4v) is 13.5. The maximum absolute atomic E-state index is 13.3. The maximum Gasteiger partial charge on any atom is 1.00 e. The Balaban J connectivity index is -0.00000972. The van der Waals surface area contributed by atoms with Crippen LogP contribution in [0.4, 0.5) is 0 Å². The van der Waals surface area contributed by atoms with Crippen LogP contribution in [0.3, 0.4) is 0 Å². The van der Waals surface area contributed by atoms with E-state index in [9.17, 15) is 47.7 Å². The van der Waals surface area contributed by atoms with E-state index in [1.54, 1.807) is 0 Å². The summed E-state index contributed by atoms with van der Waals surface area (Å²) in [6, 6.07) is -1.68. The Labute approximate surface area is 721 Å². The van der Waals surface area contributed by atoms with Crippen LogP contribution in [0.25, 0.3) is 0 Å². The second-order valence-electron chi connectivity index (χ2n) is 29.2. The zero-order valence-corrected chi connectivity index (χ0v) is 77.2. The monoisotopic (exact) mass is 1630 g/mol. The molecule has 4 unspecified atom stereocenters. The van der Waals surface area contributed by atoms with Gasteiger partial charge in [-0.25, -0.2) is 9.13 Å². The van der Waals surface area contributed by atoms with Gasteiger partial charge in [0, 0.05) is 51.6 Å². The van der Waals surface area contributed by atoms with Crippen LogP contribution in [0.5, 0.6) is 0 Å². The number of phosphoric acid groups is 2. The summed E-state index contributed by atoms with van der Waals surface area (Å²) in [5, 5.41) is 10.7. The average molecular weight is 1630 g/mol. The molecular weight excluding hydrogens is 1470 g/mol. The van der Waals surface area contributed by atoms with Crippen LogP contribution in [-0.4, -0.2) is 136 Å². The molecule has 0 aliphatic rings. The fraction of sp³-hybridized carbons (Fsp3) is 0.835. The van der Waals surface area contributed by atoms with E-state index in [2.05, 4.69) is 111 Å². The molecule has 4 amide bonds. The van der Waals surface area contributed by atoms with Gasteiger partial charge in [-0.15, -0.1) is 0 Å². The summed E-state index contributed by atoms with van der Waals surface area (Å²) in [4.78, 5) is 99.4. The van der Waals surface area contributed by atoms with Crippen molar-refractivity contribution in [2.45, 2.75) is 393 Å². The summed E-state index contributed by atoms with van der Waals surface area (Å²) < 4.78 is 71.3. The first-order chi connectivity index (χ1) is 52.9. The number of ether oxygens (including phenoxy) is 4. The van der Waals surface area contributed by atoms with Crippen LogP contribution in [0, 0.1) is 0 Å². The first kappa shape index (κ1) is 113. The number of allylic oxidation sites excluding steroid dienone is 8. The van der Waals surface area contributed by atoms with Gasteiger partial charge in [0.1, 0.15) is 18.6 Å². The van der Waals surface area contributed by atoms with Crippen LogP contribution < -0.4 is 80.4 Å². The molecule has 0 saturated carbocycles. The molecule has 22 nitrogen and oxygen atoms in total. The molecule has 0 aliphatic heterocycles. The van der Waals surface area contributed by atoms with Gasteiger partial charge in [0.05, 0.1) is 64.9 Å². The Hall–Kier alpha value is -2.08. The molecule has 6 N–H and O–H groups in total. The van der Waals surface area contributed by atoms with E-state index in [-0.39, 0.29) is 150 Å². The molecule has 0 aromatic heterocycles. The number of unbranched alkanes of at least 4 members (excludes halogenated alkanes) is 32. The third-order valence-electron chi connectivity index (χ3n) is 18.6. The van der Waals surface area contributed by atoms with Crippen molar-refractivity contribution in [1.82, 2.24) is 21.3 Å². The fourth-order valence-electron chi connectivity index (χ4n) is 12.0. The molecule has 0 fully saturated rings. The first-order valence-corrected chi connectivity index (χ1v) is 46.4. The standard InChI is InChI=1S/C85H158N4O18P2.2Na.2H/c1-7-13-19-25-29-33-35-39-41-47-53-59-80(90)88-76(72-100-67-63-78(57-51-45-23-17-11-5)106-84(94)61-55-49-43-37-31-27-21-15-9-3)74-104-108(96,97)102-69-65-86-82(92)71-83(93)87-66-70-103-109(98,99)105-75-77(89-81(91)60-54-48-42-40-36-34-30-26-20-14-8-2)73-101-68-64-79(58-52-46-24-18-12-6)107-85(95)62-56-50-44-38-32-28-22-16-10-4;;;;/h33-38,43-44,76-79H,7-32,39-42,45-75H2,1-6H3,(H,86,92)(H,87,93)(H,88,90)(H,89,91)(H,96,97)(H,98,99);;;;/q;2*+1;2*-1/b35-33+,36-34+,43-37-,44-38-;;;;/t76?,77?,78-,79-;;;;/m1..../s1. The summed E-state index contributed by atoms with van der Waals surface area (Å²) in [7, 11) is -9.49. The van der Waals surface area contributed by atoms with Crippen molar-refractivity contribution in [3.63, 3.8) is 0 Å². The van der Waals surface area contributed by atoms with Gasteiger partial charge in [-0.05, 0) is 141 Å². The SMILES string of the molecule is CCCCCC/C=C\CCCC(=O)O[C@H](CCCCCCC)CCOCC(COP(=O)(O)OCCNC(=O)CC(=O)NCCOP(=O)(O)OCC(COCC[C@@H](CCCCCCC)OC(=O)CCC/C=C\CCCCCC)NC(=O)CCCCC/C=C/CCCCCC)NC(=O)CCCCC/C=C/CCCCCC.[H-].[H-].[Na+].[Na+]. The Morgan fingerprint density at radius 3 is 0.910 bits per heavy atom. The largest absolute Gasteiger partial charge is 1.00 e. The topological polar surface area (TPSA) is 299 Å². The molecule has 0 bridgehead atoms. The third kappa shape index (κ3) is 81.5. The van der Waals surface area contributed by atoms with Crippen LogP contribution >= 0.6 is 15.6 Å². The molecule has 0 heterocycles. The predicted octanol–water partition coefficient (Wildman–Crippen LogP) is 14.8.